The van der Waals surface area contributed by atoms with Crippen LogP contribution >= 0.6 is 11.3 Å². The van der Waals surface area contributed by atoms with Gasteiger partial charge in [0.2, 0.25) is 0 Å². The van der Waals surface area contributed by atoms with Crippen molar-refractivity contribution in [2.75, 3.05) is 19.7 Å². The maximum atomic E-state index is 12.4. The highest BCUT2D eigenvalue weighted by molar-refractivity contribution is 7.10. The van der Waals surface area contributed by atoms with Crippen molar-refractivity contribution in [3.8, 4) is 11.8 Å². The Labute approximate surface area is 145 Å². The van der Waals surface area contributed by atoms with E-state index in [4.69, 9.17) is 9.52 Å². The second-order valence-electron chi connectivity index (χ2n) is 5.71. The Morgan fingerprint density at radius 2 is 2.46 bits per heavy atom. The van der Waals surface area contributed by atoms with Gasteiger partial charge in [0.1, 0.15) is 6.61 Å². The predicted octanol–water partition coefficient (Wildman–Crippen LogP) is 2.08. The summed E-state index contributed by atoms with van der Waals surface area (Å²) in [6.45, 7) is 2.11. The van der Waals surface area contributed by atoms with E-state index >= 15 is 0 Å². The van der Waals surface area contributed by atoms with E-state index in [0.717, 1.165) is 31.5 Å². The van der Waals surface area contributed by atoms with E-state index in [-0.39, 0.29) is 18.6 Å². The fraction of sp³-hybridized carbons (Fsp3) is 0.389. The van der Waals surface area contributed by atoms with E-state index in [0.29, 0.717) is 12.3 Å². The molecule has 126 valence electrons. The van der Waals surface area contributed by atoms with Gasteiger partial charge in [0.25, 0.3) is 5.91 Å². The number of nitrogens with zero attached hydrogens (tertiary/aromatic N) is 1. The van der Waals surface area contributed by atoms with Crippen molar-refractivity contribution in [2.45, 2.75) is 25.4 Å². The number of furan rings is 1. The van der Waals surface area contributed by atoms with E-state index in [1.807, 2.05) is 16.3 Å². The van der Waals surface area contributed by atoms with Gasteiger partial charge in [0.05, 0.1) is 6.26 Å². The lowest BCUT2D eigenvalue weighted by molar-refractivity contribution is 0.0662. The zero-order valence-electron chi connectivity index (χ0n) is 13.3. The van der Waals surface area contributed by atoms with Gasteiger partial charge in [-0.25, -0.2) is 0 Å². The SMILES string of the molecule is O=C(c1ccco1)N1CCCC(NCc2cc(C#CCO)cs2)C1. The molecule has 1 unspecified atom stereocenters. The Hall–Kier alpha value is -2.07. The molecule has 0 bridgehead atoms. The number of carbonyl (C=O) groups is 1. The highest BCUT2D eigenvalue weighted by atomic mass is 32.1. The van der Waals surface area contributed by atoms with Crippen LogP contribution in [0.5, 0.6) is 0 Å². The minimum absolute atomic E-state index is 0.0378. The molecule has 3 rings (SSSR count). The van der Waals surface area contributed by atoms with Gasteiger partial charge in [0, 0.05) is 41.5 Å². The summed E-state index contributed by atoms with van der Waals surface area (Å²) < 4.78 is 5.21. The number of rotatable bonds is 4. The van der Waals surface area contributed by atoms with E-state index in [1.54, 1.807) is 23.5 Å². The third kappa shape index (κ3) is 4.26. The molecule has 5 nitrogen and oxygen atoms in total. The summed E-state index contributed by atoms with van der Waals surface area (Å²) in [6.07, 6.45) is 3.58. The Balaban J connectivity index is 1.52. The number of piperidine rings is 1. The average Bonchev–Trinajstić information content (AvgIpc) is 3.29. The summed E-state index contributed by atoms with van der Waals surface area (Å²) >= 11 is 1.65. The molecule has 0 radical (unpaired) electrons. The number of thiophene rings is 1. The lowest BCUT2D eigenvalue weighted by atomic mass is 10.1. The zero-order chi connectivity index (χ0) is 16.8. The minimum atomic E-state index is -0.120. The first-order chi connectivity index (χ1) is 11.8. The first-order valence-corrected chi connectivity index (χ1v) is 8.87. The highest BCUT2D eigenvalue weighted by Gasteiger charge is 2.25. The van der Waals surface area contributed by atoms with Crippen LogP contribution in [0, 0.1) is 11.8 Å². The molecule has 1 amide bonds. The van der Waals surface area contributed by atoms with Crippen LogP contribution in [0.1, 0.15) is 33.8 Å². The second kappa shape index (κ2) is 8.15. The predicted molar refractivity (Wildman–Crippen MR) is 92.8 cm³/mol. The van der Waals surface area contributed by atoms with Gasteiger partial charge < -0.3 is 19.7 Å². The highest BCUT2D eigenvalue weighted by Crippen LogP contribution is 2.17. The third-order valence-electron chi connectivity index (χ3n) is 3.97. The van der Waals surface area contributed by atoms with E-state index in [1.165, 1.54) is 11.1 Å². The van der Waals surface area contributed by atoms with Crippen LogP contribution in [0.4, 0.5) is 0 Å². The molecule has 24 heavy (non-hydrogen) atoms. The van der Waals surface area contributed by atoms with Crippen molar-refractivity contribution >= 4 is 17.2 Å². The van der Waals surface area contributed by atoms with Gasteiger partial charge in [-0.05, 0) is 31.0 Å². The maximum absolute atomic E-state index is 12.4. The van der Waals surface area contributed by atoms with Crippen molar-refractivity contribution in [2.24, 2.45) is 0 Å². The number of nitrogens with one attached hydrogen (secondary N) is 1. The van der Waals surface area contributed by atoms with Crippen LogP contribution in [0.15, 0.2) is 34.3 Å². The van der Waals surface area contributed by atoms with E-state index < -0.39 is 0 Å². The topological polar surface area (TPSA) is 65.7 Å². The smallest absolute Gasteiger partial charge is 0.289 e. The van der Waals surface area contributed by atoms with Crippen molar-refractivity contribution in [1.82, 2.24) is 10.2 Å². The largest absolute Gasteiger partial charge is 0.459 e. The fourth-order valence-corrected chi connectivity index (χ4v) is 3.58. The first-order valence-electron chi connectivity index (χ1n) is 7.99. The summed E-state index contributed by atoms with van der Waals surface area (Å²) in [6, 6.07) is 5.77. The molecule has 0 aliphatic carbocycles. The van der Waals surface area contributed by atoms with E-state index in [2.05, 4.69) is 17.2 Å². The average molecular weight is 344 g/mol. The van der Waals surface area contributed by atoms with Crippen LogP contribution in [-0.4, -0.2) is 41.7 Å². The Bertz CT molecular complexity index is 727. The van der Waals surface area contributed by atoms with Crippen molar-refractivity contribution in [3.63, 3.8) is 0 Å². The Kier molecular flexibility index (Phi) is 5.70. The van der Waals surface area contributed by atoms with E-state index in [9.17, 15) is 4.79 Å². The first kappa shape index (κ1) is 16.8. The van der Waals surface area contributed by atoms with Crippen molar-refractivity contribution in [1.29, 1.82) is 0 Å². The zero-order valence-corrected chi connectivity index (χ0v) is 14.1. The molecule has 2 aromatic rings. The van der Waals surface area contributed by atoms with Gasteiger partial charge in [-0.15, -0.1) is 11.3 Å². The van der Waals surface area contributed by atoms with Crippen LogP contribution in [0.2, 0.25) is 0 Å². The quantitative estimate of drug-likeness (QED) is 0.834. The summed E-state index contributed by atoms with van der Waals surface area (Å²) in [4.78, 5) is 15.4. The summed E-state index contributed by atoms with van der Waals surface area (Å²) in [5.74, 6) is 5.93. The summed E-state index contributed by atoms with van der Waals surface area (Å²) in [5.41, 5.74) is 0.934. The normalized spacial score (nSPS) is 17.4. The monoisotopic (exact) mass is 344 g/mol. The maximum Gasteiger partial charge on any atom is 0.289 e. The number of likely N-dealkylation sites (tertiary alicyclic amines) is 1. The van der Waals surface area contributed by atoms with Gasteiger partial charge >= 0.3 is 0 Å². The number of aliphatic hydroxyl groups excluding tert-OH is 1. The molecule has 3 heterocycles. The van der Waals surface area contributed by atoms with Gasteiger partial charge in [-0.1, -0.05) is 11.8 Å². The molecule has 0 aromatic carbocycles. The molecule has 1 aliphatic heterocycles. The number of hydrogen-bond acceptors (Lipinski definition) is 5. The standard InChI is InChI=1S/C18H20N2O3S/c21-8-2-4-14-10-16(24-13-14)11-19-15-5-1-7-20(12-15)18(22)17-6-3-9-23-17/h3,6,9-10,13,15,19,21H,1,5,7-8,11-12H2. The van der Waals surface area contributed by atoms with Crippen LogP contribution < -0.4 is 5.32 Å². The Morgan fingerprint density at radius 3 is 3.25 bits per heavy atom. The summed E-state index contributed by atoms with van der Waals surface area (Å²) in [5, 5.41) is 14.2. The van der Waals surface area contributed by atoms with Crippen LogP contribution in [-0.2, 0) is 6.54 Å². The van der Waals surface area contributed by atoms with Gasteiger partial charge in [0.15, 0.2) is 5.76 Å². The number of hydrogen-bond donors (Lipinski definition) is 2. The molecule has 2 N–H and O–H groups in total. The van der Waals surface area contributed by atoms with Gasteiger partial charge in [-0.2, -0.15) is 0 Å². The second-order valence-corrected chi connectivity index (χ2v) is 6.71. The summed E-state index contributed by atoms with van der Waals surface area (Å²) in [7, 11) is 0. The van der Waals surface area contributed by atoms with Crippen molar-refractivity contribution < 1.29 is 14.3 Å². The lowest BCUT2D eigenvalue weighted by Crippen LogP contribution is -2.47. The lowest BCUT2D eigenvalue weighted by Gasteiger charge is -2.32. The molecule has 6 heteroatoms. The number of amides is 1. The molecular weight excluding hydrogens is 324 g/mol. The Morgan fingerprint density at radius 1 is 1.54 bits per heavy atom. The van der Waals surface area contributed by atoms with Gasteiger partial charge in [-0.3, -0.25) is 4.79 Å². The fourth-order valence-electron chi connectivity index (χ4n) is 2.81. The molecule has 1 saturated heterocycles. The van der Waals surface area contributed by atoms with Crippen LogP contribution in [0.3, 0.4) is 0 Å². The molecule has 0 spiro atoms. The molecular formula is C18H20N2O3S. The molecule has 1 fully saturated rings. The number of aliphatic hydroxyl groups is 1. The number of carbonyl (C=O) groups excluding carboxylic acids is 1. The molecule has 1 atom stereocenters. The molecule has 1 aliphatic rings. The molecule has 0 saturated carbocycles. The van der Waals surface area contributed by atoms with Crippen molar-refractivity contribution in [3.05, 3.63) is 46.0 Å². The minimum Gasteiger partial charge on any atom is -0.459 e. The third-order valence-corrected chi connectivity index (χ3v) is 4.91. The van der Waals surface area contributed by atoms with Crippen LogP contribution in [0.25, 0.3) is 0 Å². The molecule has 2 aromatic heterocycles.